The van der Waals surface area contributed by atoms with E-state index in [2.05, 4.69) is 0 Å². The van der Waals surface area contributed by atoms with E-state index in [-0.39, 0.29) is 72.1 Å². The predicted octanol–water partition coefficient (Wildman–Crippen LogP) is -9.32. The van der Waals surface area contributed by atoms with E-state index in [0.29, 0.717) is 0 Å². The van der Waals surface area contributed by atoms with Crippen molar-refractivity contribution in [2.24, 2.45) is 0 Å². The zero-order valence-corrected chi connectivity index (χ0v) is 9.54. The maximum absolute atomic E-state index is 8.52. The van der Waals surface area contributed by atoms with Gasteiger partial charge in [-0.2, -0.15) is 0 Å². The largest absolute Gasteiger partial charge is 3.00 e. The van der Waals surface area contributed by atoms with Gasteiger partial charge in [-0.05, 0) is 0 Å². The van der Waals surface area contributed by atoms with Crippen molar-refractivity contribution in [1.29, 1.82) is 0 Å². The van der Waals surface area contributed by atoms with E-state index in [1.807, 2.05) is 0 Å². The Hall–Kier alpha value is 0.00247. The van der Waals surface area contributed by atoms with E-state index in [0.717, 1.165) is 0 Å². The van der Waals surface area contributed by atoms with E-state index < -0.39 is 10.4 Å². The molecule has 0 aromatic rings. The minimum atomic E-state index is -5.17. The zero-order valence-electron chi connectivity index (χ0n) is 7.57. The second kappa shape index (κ2) is 81.6. The van der Waals surface area contributed by atoms with Crippen LogP contribution in [0, 0.1) is 0 Å². The summed E-state index contributed by atoms with van der Waals surface area (Å²) in [4.78, 5) is 0. The summed E-state index contributed by atoms with van der Waals surface area (Å²) in [5.41, 5.74) is 0. The van der Waals surface area contributed by atoms with Gasteiger partial charge in [-0.3, -0.25) is 8.42 Å². The van der Waals surface area contributed by atoms with E-state index in [1.165, 1.54) is 0 Å². The first-order chi connectivity index (χ1) is 2.00. The van der Waals surface area contributed by atoms with Crippen LogP contribution in [0.15, 0.2) is 0 Å². The molecule has 0 aliphatic heterocycles. The molecule has 0 aromatic heterocycles. The Morgan fingerprint density at radius 3 is 0.562 bits per heavy atom. The maximum atomic E-state index is 8.52. The van der Waals surface area contributed by atoms with Gasteiger partial charge in [-0.25, -0.2) is 0 Å². The van der Waals surface area contributed by atoms with Gasteiger partial charge in [0, 0.05) is 10.4 Å². The molecule has 0 amide bonds. The van der Waals surface area contributed by atoms with Crippen LogP contribution in [0.2, 0.25) is 0 Å². The fourth-order valence-electron chi connectivity index (χ4n) is 0. The smallest absolute Gasteiger partial charge is 0.870 e. The zero-order chi connectivity index (χ0) is 4.50. The molecule has 0 atom stereocenters. The topological polar surface area (TPSA) is 394 Å². The van der Waals surface area contributed by atoms with Gasteiger partial charge in [0.2, 0.25) is 0 Å². The summed E-state index contributed by atoms with van der Waals surface area (Å²) < 4.78 is 34.1. The molecule has 0 unspecified atom stereocenters. The van der Waals surface area contributed by atoms with Crippen molar-refractivity contribution in [3.8, 4) is 0 Å². The fourth-order valence-corrected chi connectivity index (χ4v) is 0. The Labute approximate surface area is 101 Å². The van der Waals surface area contributed by atoms with E-state index >= 15 is 0 Å². The quantitative estimate of drug-likeness (QED) is 0.238. The maximum Gasteiger partial charge on any atom is 3.00 e. The van der Waals surface area contributed by atoms with Gasteiger partial charge < -0.3 is 63.9 Å². The number of hydrogen-bond acceptors (Lipinski definition) is 5. The molecule has 0 spiro atoms. The SMILES string of the molecule is O.O.O.O.O.O.O.O.O.O=S(=O)([O-])[O-].[Al+3].[OH-]. The first-order valence-corrected chi connectivity index (χ1v) is 2.00. The first kappa shape index (κ1) is 225. The summed E-state index contributed by atoms with van der Waals surface area (Å²) >= 11 is 0. The van der Waals surface area contributed by atoms with Gasteiger partial charge >= 0.3 is 17.4 Å². The summed E-state index contributed by atoms with van der Waals surface area (Å²) in [6.07, 6.45) is 0. The average molecular weight is 302 g/mol. The van der Waals surface area contributed by atoms with Gasteiger partial charge in [0.05, 0.1) is 0 Å². The third kappa shape index (κ3) is 389000000. The van der Waals surface area contributed by atoms with Gasteiger partial charge in [-0.15, -0.1) is 0 Å². The Bertz CT molecular complexity index is 93.9. The van der Waals surface area contributed by atoms with E-state index in [4.69, 9.17) is 17.5 Å². The van der Waals surface area contributed by atoms with Gasteiger partial charge in [-0.1, -0.05) is 0 Å². The van der Waals surface area contributed by atoms with Crippen molar-refractivity contribution in [3.63, 3.8) is 0 Å². The second-order valence-corrected chi connectivity index (χ2v) is 1.22. The van der Waals surface area contributed by atoms with Gasteiger partial charge in [0.25, 0.3) is 0 Å². The van der Waals surface area contributed by atoms with Crippen molar-refractivity contribution < 1.29 is 72.3 Å². The molecule has 0 aromatic carbocycles. The summed E-state index contributed by atoms with van der Waals surface area (Å²) in [5.74, 6) is 0. The molecule has 0 saturated heterocycles. The Balaban J connectivity index is -0.00000000145. The molecular formula is H19AlO14S. The van der Waals surface area contributed by atoms with Crippen molar-refractivity contribution in [2.45, 2.75) is 0 Å². The van der Waals surface area contributed by atoms with Crippen LogP contribution in [0.1, 0.15) is 0 Å². The van der Waals surface area contributed by atoms with Crippen molar-refractivity contribution >= 4 is 27.8 Å². The number of hydrogen-bond donors (Lipinski definition) is 0. The van der Waals surface area contributed by atoms with Crippen LogP contribution in [0.5, 0.6) is 0 Å². The molecule has 0 aliphatic carbocycles. The van der Waals surface area contributed by atoms with Gasteiger partial charge in [0.1, 0.15) is 0 Å². The molecular weight excluding hydrogens is 283 g/mol. The molecule has 19 N–H and O–H groups in total. The van der Waals surface area contributed by atoms with Crippen LogP contribution in [-0.2, 0) is 10.4 Å². The Morgan fingerprint density at radius 1 is 0.562 bits per heavy atom. The summed E-state index contributed by atoms with van der Waals surface area (Å²) in [6, 6.07) is 0. The summed E-state index contributed by atoms with van der Waals surface area (Å²) in [7, 11) is -5.17. The fraction of sp³-hybridized carbons (Fsp3) is 0. The van der Waals surface area contributed by atoms with Crippen LogP contribution in [0.4, 0.5) is 0 Å². The van der Waals surface area contributed by atoms with Crippen LogP contribution in [0.25, 0.3) is 0 Å². The third-order valence-electron chi connectivity index (χ3n) is 0. The molecule has 0 rings (SSSR count). The standard InChI is InChI=1S/Al.H2O4S.10H2O/c;1-5(2,3)4;;;;;;;;;;/h;(H2,1,2,3,4);10*1H2/q+3;;;;;;;;;;;/p-3. The monoisotopic (exact) mass is 302 g/mol. The van der Waals surface area contributed by atoms with Crippen molar-refractivity contribution in [2.75, 3.05) is 0 Å². The predicted molar refractivity (Wildman–Crippen MR) is 50.7 cm³/mol. The minimum Gasteiger partial charge on any atom is -0.870 e. The molecule has 0 saturated carbocycles. The molecule has 0 radical (unpaired) electrons. The summed E-state index contributed by atoms with van der Waals surface area (Å²) in [5, 5.41) is 0. The van der Waals surface area contributed by atoms with Crippen molar-refractivity contribution in [1.82, 2.24) is 0 Å². The third-order valence-corrected chi connectivity index (χ3v) is 0. The molecule has 0 bridgehead atoms. The molecule has 16 heteroatoms. The van der Waals surface area contributed by atoms with Gasteiger partial charge in [0.15, 0.2) is 0 Å². The Kier molecular flexibility index (Phi) is 1150. The normalized spacial score (nSPS) is 3.62. The minimum absolute atomic E-state index is 0. The number of rotatable bonds is 0. The first-order valence-electron chi connectivity index (χ1n) is 0.667. The molecule has 0 aliphatic rings. The Morgan fingerprint density at radius 2 is 0.562 bits per heavy atom. The molecule has 112 valence electrons. The van der Waals surface area contributed by atoms with Crippen LogP contribution in [0.3, 0.4) is 0 Å². The van der Waals surface area contributed by atoms with E-state index in [1.54, 1.807) is 0 Å². The van der Waals surface area contributed by atoms with Crippen LogP contribution < -0.4 is 0 Å². The van der Waals surface area contributed by atoms with Crippen molar-refractivity contribution in [3.05, 3.63) is 0 Å². The van der Waals surface area contributed by atoms with Crippen LogP contribution in [-0.4, -0.2) is 89.6 Å². The molecule has 0 heterocycles. The van der Waals surface area contributed by atoms with Crippen LogP contribution >= 0.6 is 0 Å². The molecule has 16 heavy (non-hydrogen) atoms. The summed E-state index contributed by atoms with van der Waals surface area (Å²) in [6.45, 7) is 0. The van der Waals surface area contributed by atoms with E-state index in [9.17, 15) is 0 Å². The average Bonchev–Trinajstić information content (AvgIpc) is 0.722. The second-order valence-electron chi connectivity index (χ2n) is 0.408. The molecule has 14 nitrogen and oxygen atoms in total. The molecule has 0 fully saturated rings.